The minimum absolute atomic E-state index is 0.598. The Balaban J connectivity index is 1.58. The van der Waals surface area contributed by atoms with Crippen LogP contribution in [0.3, 0.4) is 0 Å². The Labute approximate surface area is 161 Å². The van der Waals surface area contributed by atoms with Crippen LogP contribution in [-0.2, 0) is 13.0 Å². The monoisotopic (exact) mass is 356 g/mol. The number of fused-ring (bicyclic) bond motifs is 1. The summed E-state index contributed by atoms with van der Waals surface area (Å²) in [5.74, 6) is 1.83. The van der Waals surface area contributed by atoms with E-state index in [4.69, 9.17) is 9.47 Å². The zero-order chi connectivity index (χ0) is 18.5. The molecule has 0 saturated heterocycles. The fraction of sp³-hybridized carbons (Fsp3) is 0.200. The van der Waals surface area contributed by atoms with Crippen molar-refractivity contribution in [2.45, 2.75) is 25.9 Å². The van der Waals surface area contributed by atoms with Crippen LogP contribution in [-0.4, -0.2) is 7.11 Å². The molecular formula is C25H24O2. The summed E-state index contributed by atoms with van der Waals surface area (Å²) in [6, 6.07) is 25.1. The molecule has 0 bridgehead atoms. The molecule has 0 amide bonds. The fourth-order valence-electron chi connectivity index (χ4n) is 3.56. The van der Waals surface area contributed by atoms with Crippen molar-refractivity contribution in [2.24, 2.45) is 0 Å². The average Bonchev–Trinajstić information content (AvgIpc) is 2.95. The molecule has 1 aliphatic carbocycles. The van der Waals surface area contributed by atoms with Crippen LogP contribution >= 0.6 is 0 Å². The molecule has 0 atom stereocenters. The van der Waals surface area contributed by atoms with Crippen molar-refractivity contribution in [1.29, 1.82) is 0 Å². The first-order chi connectivity index (χ1) is 13.3. The normalized spacial score (nSPS) is 13.3. The van der Waals surface area contributed by atoms with Gasteiger partial charge in [0.05, 0.1) is 7.11 Å². The van der Waals surface area contributed by atoms with Gasteiger partial charge < -0.3 is 9.47 Å². The van der Waals surface area contributed by atoms with Crippen LogP contribution in [0.2, 0.25) is 0 Å². The van der Waals surface area contributed by atoms with E-state index in [-0.39, 0.29) is 0 Å². The highest BCUT2D eigenvalue weighted by molar-refractivity contribution is 5.82. The first-order valence-electron chi connectivity index (χ1n) is 9.48. The molecule has 3 aromatic rings. The van der Waals surface area contributed by atoms with Crippen LogP contribution < -0.4 is 9.47 Å². The number of allylic oxidation sites excluding steroid dienone is 1. The van der Waals surface area contributed by atoms with Crippen LogP contribution in [0.4, 0.5) is 0 Å². The second-order valence-electron chi connectivity index (χ2n) is 6.83. The summed E-state index contributed by atoms with van der Waals surface area (Å²) in [6.07, 6.45) is 5.69. The minimum atomic E-state index is 0.598. The van der Waals surface area contributed by atoms with Gasteiger partial charge in [-0.15, -0.1) is 0 Å². The largest absolute Gasteiger partial charge is 0.497 e. The molecule has 0 N–H and O–H groups in total. The third-order valence-electron chi connectivity index (χ3n) is 5.01. The summed E-state index contributed by atoms with van der Waals surface area (Å²) >= 11 is 0. The summed E-state index contributed by atoms with van der Waals surface area (Å²) < 4.78 is 11.3. The predicted octanol–water partition coefficient (Wildman–Crippen LogP) is 6.04. The van der Waals surface area contributed by atoms with Gasteiger partial charge >= 0.3 is 0 Å². The van der Waals surface area contributed by atoms with E-state index in [0.717, 1.165) is 30.8 Å². The van der Waals surface area contributed by atoms with Gasteiger partial charge in [-0.3, -0.25) is 0 Å². The van der Waals surface area contributed by atoms with Gasteiger partial charge in [-0.25, -0.2) is 0 Å². The Morgan fingerprint density at radius 2 is 1.63 bits per heavy atom. The van der Waals surface area contributed by atoms with Crippen molar-refractivity contribution >= 4 is 5.57 Å². The van der Waals surface area contributed by atoms with Gasteiger partial charge in [0.25, 0.3) is 0 Å². The molecule has 0 radical (unpaired) electrons. The second-order valence-corrected chi connectivity index (χ2v) is 6.83. The summed E-state index contributed by atoms with van der Waals surface area (Å²) in [5.41, 5.74) is 6.40. The molecule has 0 heterocycles. The quantitative estimate of drug-likeness (QED) is 0.555. The maximum absolute atomic E-state index is 6.03. The number of rotatable bonds is 5. The first-order valence-corrected chi connectivity index (χ1v) is 9.48. The van der Waals surface area contributed by atoms with Gasteiger partial charge in [-0.05, 0) is 71.4 Å². The molecule has 1 aliphatic rings. The van der Waals surface area contributed by atoms with Crippen molar-refractivity contribution in [2.75, 3.05) is 7.11 Å². The Hall–Kier alpha value is -3.00. The third-order valence-corrected chi connectivity index (χ3v) is 5.01. The van der Waals surface area contributed by atoms with Crippen molar-refractivity contribution in [1.82, 2.24) is 0 Å². The zero-order valence-corrected chi connectivity index (χ0v) is 15.7. The fourth-order valence-corrected chi connectivity index (χ4v) is 3.56. The first kappa shape index (κ1) is 17.4. The molecule has 2 nitrogen and oxygen atoms in total. The van der Waals surface area contributed by atoms with Crippen LogP contribution in [0.5, 0.6) is 11.5 Å². The molecule has 0 aromatic heterocycles. The lowest BCUT2D eigenvalue weighted by atomic mass is 9.93. The average molecular weight is 356 g/mol. The molecule has 27 heavy (non-hydrogen) atoms. The molecule has 0 aliphatic heterocycles. The molecule has 2 heteroatoms. The lowest BCUT2D eigenvalue weighted by Gasteiger charge is -2.14. The van der Waals surface area contributed by atoms with Crippen LogP contribution in [0.15, 0.2) is 78.9 Å². The van der Waals surface area contributed by atoms with E-state index < -0.39 is 0 Å². The van der Waals surface area contributed by atoms with E-state index in [1.54, 1.807) is 7.11 Å². The van der Waals surface area contributed by atoms with Crippen molar-refractivity contribution in [3.8, 4) is 11.5 Å². The van der Waals surface area contributed by atoms with Gasteiger partial charge in [0, 0.05) is 0 Å². The standard InChI is InChI=1S/C25H24O2/c1-26-22-13-11-20(12-14-22)24-10-6-5-9-21-17-23(15-16-25(21)24)27-18-19-7-3-2-4-8-19/h2-4,7-8,10-17H,5-6,9,18H2,1H3. The number of ether oxygens (including phenoxy) is 2. The maximum Gasteiger partial charge on any atom is 0.120 e. The molecule has 0 unspecified atom stereocenters. The number of methoxy groups -OCH3 is 1. The summed E-state index contributed by atoms with van der Waals surface area (Å²) in [4.78, 5) is 0. The highest BCUT2D eigenvalue weighted by Crippen LogP contribution is 2.33. The Bertz CT molecular complexity index is 924. The predicted molar refractivity (Wildman–Crippen MR) is 110 cm³/mol. The van der Waals surface area contributed by atoms with E-state index in [0.29, 0.717) is 6.61 Å². The third kappa shape index (κ3) is 4.06. The minimum Gasteiger partial charge on any atom is -0.497 e. The number of hydrogen-bond acceptors (Lipinski definition) is 2. The van der Waals surface area contributed by atoms with Gasteiger partial charge in [-0.2, -0.15) is 0 Å². The van der Waals surface area contributed by atoms with Crippen LogP contribution in [0, 0.1) is 0 Å². The van der Waals surface area contributed by atoms with Gasteiger partial charge in [0.1, 0.15) is 18.1 Å². The van der Waals surface area contributed by atoms with Crippen LogP contribution in [0.1, 0.15) is 35.1 Å². The van der Waals surface area contributed by atoms with E-state index in [9.17, 15) is 0 Å². The highest BCUT2D eigenvalue weighted by Gasteiger charge is 2.14. The second kappa shape index (κ2) is 8.13. The lowest BCUT2D eigenvalue weighted by Crippen LogP contribution is -1.98. The molecule has 136 valence electrons. The van der Waals surface area contributed by atoms with E-state index in [1.165, 1.54) is 27.8 Å². The van der Waals surface area contributed by atoms with Crippen LogP contribution in [0.25, 0.3) is 5.57 Å². The molecule has 0 spiro atoms. The topological polar surface area (TPSA) is 18.5 Å². The Morgan fingerprint density at radius 3 is 2.41 bits per heavy atom. The maximum atomic E-state index is 6.03. The van der Waals surface area contributed by atoms with E-state index >= 15 is 0 Å². The Kier molecular flexibility index (Phi) is 5.24. The zero-order valence-electron chi connectivity index (χ0n) is 15.7. The van der Waals surface area contributed by atoms with Gasteiger partial charge in [0.2, 0.25) is 0 Å². The highest BCUT2D eigenvalue weighted by atomic mass is 16.5. The Morgan fingerprint density at radius 1 is 0.852 bits per heavy atom. The van der Waals surface area contributed by atoms with Gasteiger partial charge in [-0.1, -0.05) is 54.6 Å². The molecule has 0 saturated carbocycles. The number of hydrogen-bond donors (Lipinski definition) is 0. The molecule has 4 rings (SSSR count). The SMILES string of the molecule is COc1ccc(C2=CCCCc3cc(OCc4ccccc4)ccc32)cc1. The summed E-state index contributed by atoms with van der Waals surface area (Å²) in [7, 11) is 1.70. The van der Waals surface area contributed by atoms with Crippen molar-refractivity contribution in [3.63, 3.8) is 0 Å². The molecular weight excluding hydrogens is 332 g/mol. The van der Waals surface area contributed by atoms with Gasteiger partial charge in [0.15, 0.2) is 0 Å². The van der Waals surface area contributed by atoms with E-state index in [2.05, 4.69) is 48.5 Å². The van der Waals surface area contributed by atoms with Crippen molar-refractivity contribution in [3.05, 3.63) is 101 Å². The molecule has 0 fully saturated rings. The molecule has 3 aromatic carbocycles. The van der Waals surface area contributed by atoms with Crippen molar-refractivity contribution < 1.29 is 9.47 Å². The summed E-state index contributed by atoms with van der Waals surface area (Å²) in [5, 5.41) is 0. The van der Waals surface area contributed by atoms with E-state index in [1.807, 2.05) is 30.3 Å². The smallest absolute Gasteiger partial charge is 0.120 e. The number of aryl methyl sites for hydroxylation is 1. The lowest BCUT2D eigenvalue weighted by molar-refractivity contribution is 0.306. The number of benzene rings is 3. The summed E-state index contributed by atoms with van der Waals surface area (Å²) in [6.45, 7) is 0.598.